The van der Waals surface area contributed by atoms with Gasteiger partial charge in [0.25, 0.3) is 0 Å². The van der Waals surface area contributed by atoms with Gasteiger partial charge in [-0.1, -0.05) is 36.4 Å². The fraction of sp³-hybridized carbons (Fsp3) is 0.333. The molecule has 1 aliphatic rings. The topological polar surface area (TPSA) is 32.3 Å². The minimum Gasteiger partial charge on any atom is -0.386 e. The number of aryl methyl sites for hydroxylation is 3. The lowest BCUT2D eigenvalue weighted by Crippen LogP contribution is -2.21. The average Bonchev–Trinajstić information content (AvgIpc) is 2.86. The molecule has 2 atom stereocenters. The van der Waals surface area contributed by atoms with Crippen LogP contribution in [-0.2, 0) is 6.54 Å². The second kappa shape index (κ2) is 5.04. The van der Waals surface area contributed by atoms with E-state index in [9.17, 15) is 5.11 Å². The Hall–Kier alpha value is -1.64. The molecule has 0 fully saturated rings. The lowest BCUT2D eigenvalue weighted by molar-refractivity contribution is 0.133. The number of fused-ring (bicyclic) bond motifs is 1. The van der Waals surface area contributed by atoms with E-state index < -0.39 is 6.10 Å². The van der Waals surface area contributed by atoms with Gasteiger partial charge in [0.2, 0.25) is 0 Å². The third-order valence-corrected chi connectivity index (χ3v) is 4.42. The van der Waals surface area contributed by atoms with Crippen LogP contribution in [-0.4, -0.2) is 5.11 Å². The van der Waals surface area contributed by atoms with Crippen molar-refractivity contribution >= 4 is 0 Å². The summed E-state index contributed by atoms with van der Waals surface area (Å²) in [6, 6.07) is 12.6. The van der Waals surface area contributed by atoms with Crippen LogP contribution in [0.15, 0.2) is 36.4 Å². The fourth-order valence-corrected chi connectivity index (χ4v) is 3.09. The van der Waals surface area contributed by atoms with Crippen molar-refractivity contribution in [2.24, 2.45) is 0 Å². The zero-order valence-corrected chi connectivity index (χ0v) is 12.3. The van der Waals surface area contributed by atoms with Crippen molar-refractivity contribution in [2.75, 3.05) is 0 Å². The summed E-state index contributed by atoms with van der Waals surface area (Å²) < 4.78 is 0. The Morgan fingerprint density at radius 2 is 1.75 bits per heavy atom. The molecule has 1 heterocycles. The minimum atomic E-state index is -0.502. The number of hydrogen-bond donors (Lipinski definition) is 2. The fourth-order valence-electron chi connectivity index (χ4n) is 3.09. The Bertz CT molecular complexity index is 648. The van der Waals surface area contributed by atoms with Crippen LogP contribution >= 0.6 is 0 Å². The third-order valence-electron chi connectivity index (χ3n) is 4.42. The zero-order chi connectivity index (χ0) is 14.3. The molecule has 2 nitrogen and oxygen atoms in total. The van der Waals surface area contributed by atoms with Gasteiger partial charge in [0.1, 0.15) is 0 Å². The van der Waals surface area contributed by atoms with E-state index in [1.54, 1.807) is 0 Å². The summed E-state index contributed by atoms with van der Waals surface area (Å²) in [7, 11) is 0. The highest BCUT2D eigenvalue weighted by molar-refractivity contribution is 5.41. The maximum absolute atomic E-state index is 10.8. The monoisotopic (exact) mass is 267 g/mol. The normalized spacial score (nSPS) is 18.9. The van der Waals surface area contributed by atoms with E-state index in [-0.39, 0.29) is 6.04 Å². The highest BCUT2D eigenvalue weighted by atomic mass is 16.3. The van der Waals surface area contributed by atoms with Gasteiger partial charge < -0.3 is 10.4 Å². The summed E-state index contributed by atoms with van der Waals surface area (Å²) in [5.41, 5.74) is 7.21. The molecule has 2 aromatic rings. The first-order valence-corrected chi connectivity index (χ1v) is 7.15. The van der Waals surface area contributed by atoms with Gasteiger partial charge in [0, 0.05) is 6.54 Å². The molecule has 1 aliphatic heterocycles. The van der Waals surface area contributed by atoms with E-state index in [1.165, 1.54) is 22.3 Å². The first-order chi connectivity index (χ1) is 9.58. The predicted octanol–water partition coefficient (Wildman–Crippen LogP) is 3.49. The van der Waals surface area contributed by atoms with Gasteiger partial charge in [-0.05, 0) is 54.2 Å². The molecule has 0 aliphatic carbocycles. The molecule has 20 heavy (non-hydrogen) atoms. The summed E-state index contributed by atoms with van der Waals surface area (Å²) in [5.74, 6) is 0. The van der Waals surface area contributed by atoms with E-state index in [1.807, 2.05) is 6.07 Å². The van der Waals surface area contributed by atoms with Gasteiger partial charge in [-0.3, -0.25) is 0 Å². The number of benzene rings is 2. The molecular formula is C18H21NO. The third kappa shape index (κ3) is 2.15. The van der Waals surface area contributed by atoms with E-state index in [2.05, 4.69) is 56.4 Å². The van der Waals surface area contributed by atoms with Crippen LogP contribution in [0.2, 0.25) is 0 Å². The lowest BCUT2D eigenvalue weighted by Gasteiger charge is -2.22. The van der Waals surface area contributed by atoms with Crippen molar-refractivity contribution in [2.45, 2.75) is 39.5 Å². The maximum atomic E-state index is 10.8. The minimum absolute atomic E-state index is 0.00740. The molecule has 2 heteroatoms. The van der Waals surface area contributed by atoms with E-state index in [0.29, 0.717) is 0 Å². The van der Waals surface area contributed by atoms with E-state index in [4.69, 9.17) is 0 Å². The number of aliphatic hydroxyl groups excluding tert-OH is 1. The Morgan fingerprint density at radius 1 is 1.05 bits per heavy atom. The molecule has 0 aromatic heterocycles. The number of hydrogen-bond acceptors (Lipinski definition) is 2. The second-order valence-corrected chi connectivity index (χ2v) is 5.80. The molecule has 0 radical (unpaired) electrons. The molecule has 2 N–H and O–H groups in total. The molecule has 104 valence electrons. The summed E-state index contributed by atoms with van der Waals surface area (Å²) in [6.45, 7) is 7.12. The van der Waals surface area contributed by atoms with Gasteiger partial charge >= 0.3 is 0 Å². The second-order valence-electron chi connectivity index (χ2n) is 5.80. The standard InChI is InChI=1S/C18H21NO/c1-11-8-13(3)16(9-12(11)2)18(20)17-15-7-5-4-6-14(15)10-19-17/h4-9,17-20H,10H2,1-3H3. The number of rotatable bonds is 2. The quantitative estimate of drug-likeness (QED) is 0.873. The Balaban J connectivity index is 1.98. The van der Waals surface area contributed by atoms with Gasteiger partial charge in [0.15, 0.2) is 0 Å². The molecule has 2 unspecified atom stereocenters. The Kier molecular flexibility index (Phi) is 3.36. The molecule has 0 bridgehead atoms. The maximum Gasteiger partial charge on any atom is 0.0987 e. The molecule has 0 saturated heterocycles. The highest BCUT2D eigenvalue weighted by Gasteiger charge is 2.29. The van der Waals surface area contributed by atoms with Crippen molar-refractivity contribution in [1.82, 2.24) is 5.32 Å². The smallest absolute Gasteiger partial charge is 0.0987 e. The summed E-state index contributed by atoms with van der Waals surface area (Å²) >= 11 is 0. The van der Waals surface area contributed by atoms with Gasteiger partial charge in [0.05, 0.1) is 12.1 Å². The molecule has 3 rings (SSSR count). The summed E-state index contributed by atoms with van der Waals surface area (Å²) in [5, 5.41) is 14.2. The van der Waals surface area contributed by atoms with Crippen LogP contribution < -0.4 is 5.32 Å². The van der Waals surface area contributed by atoms with Gasteiger partial charge in [-0.2, -0.15) is 0 Å². The zero-order valence-electron chi connectivity index (χ0n) is 12.3. The molecular weight excluding hydrogens is 246 g/mol. The van der Waals surface area contributed by atoms with Crippen LogP contribution in [0.5, 0.6) is 0 Å². The summed E-state index contributed by atoms with van der Waals surface area (Å²) in [6.07, 6.45) is -0.502. The van der Waals surface area contributed by atoms with Crippen molar-refractivity contribution in [1.29, 1.82) is 0 Å². The average molecular weight is 267 g/mol. The SMILES string of the molecule is Cc1cc(C)c(C(O)C2NCc3ccccc32)cc1C. The highest BCUT2D eigenvalue weighted by Crippen LogP contribution is 2.36. The Labute approximate surface area is 120 Å². The van der Waals surface area contributed by atoms with Gasteiger partial charge in [-0.15, -0.1) is 0 Å². The van der Waals surface area contributed by atoms with Crippen LogP contribution in [0.4, 0.5) is 0 Å². The first kappa shape index (κ1) is 13.3. The number of aliphatic hydroxyl groups is 1. The largest absolute Gasteiger partial charge is 0.386 e. The molecule has 2 aromatic carbocycles. The first-order valence-electron chi connectivity index (χ1n) is 7.15. The van der Waals surface area contributed by atoms with Crippen molar-refractivity contribution in [3.05, 3.63) is 69.8 Å². The number of nitrogens with one attached hydrogen (secondary N) is 1. The van der Waals surface area contributed by atoms with Crippen molar-refractivity contribution in [3.63, 3.8) is 0 Å². The van der Waals surface area contributed by atoms with Crippen LogP contribution in [0.25, 0.3) is 0 Å². The molecule has 0 spiro atoms. The molecule has 0 saturated carbocycles. The van der Waals surface area contributed by atoms with E-state index in [0.717, 1.165) is 17.7 Å². The lowest BCUT2D eigenvalue weighted by atomic mass is 9.91. The van der Waals surface area contributed by atoms with Crippen molar-refractivity contribution in [3.8, 4) is 0 Å². The van der Waals surface area contributed by atoms with Crippen molar-refractivity contribution < 1.29 is 5.11 Å². The summed E-state index contributed by atoms with van der Waals surface area (Å²) in [4.78, 5) is 0. The predicted molar refractivity (Wildman–Crippen MR) is 81.6 cm³/mol. The molecule has 0 amide bonds. The Morgan fingerprint density at radius 3 is 2.55 bits per heavy atom. The van der Waals surface area contributed by atoms with E-state index >= 15 is 0 Å². The van der Waals surface area contributed by atoms with Crippen LogP contribution in [0.3, 0.4) is 0 Å². The van der Waals surface area contributed by atoms with Gasteiger partial charge in [-0.25, -0.2) is 0 Å². The van der Waals surface area contributed by atoms with Crippen LogP contribution in [0, 0.1) is 20.8 Å². The van der Waals surface area contributed by atoms with Crippen LogP contribution in [0.1, 0.15) is 45.5 Å².